The molecule has 0 bridgehead atoms. The lowest BCUT2D eigenvalue weighted by atomic mass is 10.1. The van der Waals surface area contributed by atoms with E-state index in [2.05, 4.69) is 43.3 Å². The average molecular weight is 206 g/mol. The fourth-order valence-electron chi connectivity index (χ4n) is 1.61. The van der Waals surface area contributed by atoms with Gasteiger partial charge < -0.3 is 10.6 Å². The van der Waals surface area contributed by atoms with Crippen molar-refractivity contribution >= 4 is 5.69 Å². The first-order valence-corrected chi connectivity index (χ1v) is 5.70. The highest BCUT2D eigenvalue weighted by Gasteiger charge is 1.96. The Kier molecular flexibility index (Phi) is 5.19. The van der Waals surface area contributed by atoms with Gasteiger partial charge in [-0.3, -0.25) is 0 Å². The minimum absolute atomic E-state index is 0.819. The molecule has 2 nitrogen and oxygen atoms in total. The van der Waals surface area contributed by atoms with Crippen LogP contribution in [0.3, 0.4) is 0 Å². The number of hydrogen-bond donors (Lipinski definition) is 1. The van der Waals surface area contributed by atoms with Gasteiger partial charge in [-0.25, -0.2) is 0 Å². The Labute approximate surface area is 93.1 Å². The van der Waals surface area contributed by atoms with Gasteiger partial charge in [0.15, 0.2) is 0 Å². The zero-order valence-corrected chi connectivity index (χ0v) is 9.87. The van der Waals surface area contributed by atoms with E-state index in [1.54, 1.807) is 0 Å². The van der Waals surface area contributed by atoms with E-state index >= 15 is 0 Å². The van der Waals surface area contributed by atoms with E-state index in [0.29, 0.717) is 0 Å². The third-order valence-electron chi connectivity index (χ3n) is 2.62. The van der Waals surface area contributed by atoms with Crippen molar-refractivity contribution in [1.82, 2.24) is 0 Å². The van der Waals surface area contributed by atoms with Crippen LogP contribution in [0.1, 0.15) is 24.8 Å². The molecule has 0 aromatic heterocycles. The Morgan fingerprint density at radius 1 is 1.00 bits per heavy atom. The number of nitrogens with two attached hydrogens (primary N) is 1. The molecule has 1 aromatic carbocycles. The second kappa shape index (κ2) is 6.46. The van der Waals surface area contributed by atoms with Crippen LogP contribution < -0.4 is 10.6 Å². The monoisotopic (exact) mass is 206 g/mol. The van der Waals surface area contributed by atoms with Gasteiger partial charge in [-0.1, -0.05) is 18.6 Å². The molecular weight excluding hydrogens is 184 g/mol. The first-order chi connectivity index (χ1) is 7.24. The van der Waals surface area contributed by atoms with Crippen molar-refractivity contribution < 1.29 is 0 Å². The summed E-state index contributed by atoms with van der Waals surface area (Å²) in [6.07, 6.45) is 4.81. The van der Waals surface area contributed by atoms with Crippen molar-refractivity contribution in [2.24, 2.45) is 5.73 Å². The maximum Gasteiger partial charge on any atom is 0.0361 e. The minimum Gasteiger partial charge on any atom is -0.378 e. The molecule has 2 N–H and O–H groups in total. The lowest BCUT2D eigenvalue weighted by molar-refractivity contribution is 0.686. The summed E-state index contributed by atoms with van der Waals surface area (Å²) in [6, 6.07) is 8.80. The minimum atomic E-state index is 0.819. The third-order valence-corrected chi connectivity index (χ3v) is 2.62. The van der Waals surface area contributed by atoms with Crippen LogP contribution in [0.2, 0.25) is 0 Å². The van der Waals surface area contributed by atoms with E-state index in [-0.39, 0.29) is 0 Å². The van der Waals surface area contributed by atoms with Crippen molar-refractivity contribution in [2.45, 2.75) is 25.7 Å². The lowest BCUT2D eigenvalue weighted by Crippen LogP contribution is -2.08. The highest BCUT2D eigenvalue weighted by atomic mass is 15.1. The second-order valence-electron chi connectivity index (χ2n) is 4.16. The Hall–Kier alpha value is -1.02. The fraction of sp³-hybridized carbons (Fsp3) is 0.538. The maximum absolute atomic E-state index is 5.46. The Bertz CT molecular complexity index is 264. The molecular formula is C13H22N2. The van der Waals surface area contributed by atoms with E-state index in [0.717, 1.165) is 13.0 Å². The van der Waals surface area contributed by atoms with E-state index in [1.807, 2.05) is 0 Å². The first-order valence-electron chi connectivity index (χ1n) is 5.70. The topological polar surface area (TPSA) is 29.3 Å². The molecule has 0 aliphatic carbocycles. The van der Waals surface area contributed by atoms with Gasteiger partial charge in [-0.2, -0.15) is 0 Å². The molecule has 1 rings (SSSR count). The van der Waals surface area contributed by atoms with Gasteiger partial charge >= 0.3 is 0 Å². The zero-order chi connectivity index (χ0) is 11.1. The van der Waals surface area contributed by atoms with Crippen molar-refractivity contribution in [1.29, 1.82) is 0 Å². The van der Waals surface area contributed by atoms with E-state index in [4.69, 9.17) is 5.73 Å². The van der Waals surface area contributed by atoms with Gasteiger partial charge in [-0.05, 0) is 43.5 Å². The molecule has 0 aliphatic rings. The first kappa shape index (κ1) is 12.1. The maximum atomic E-state index is 5.46. The predicted molar refractivity (Wildman–Crippen MR) is 67.4 cm³/mol. The van der Waals surface area contributed by atoms with Crippen LogP contribution in [0.4, 0.5) is 5.69 Å². The summed E-state index contributed by atoms with van der Waals surface area (Å²) in [5.74, 6) is 0. The average Bonchev–Trinajstić information content (AvgIpc) is 2.25. The number of aryl methyl sites for hydroxylation is 1. The van der Waals surface area contributed by atoms with Gasteiger partial charge in [0.1, 0.15) is 0 Å². The molecule has 0 unspecified atom stereocenters. The summed E-state index contributed by atoms with van der Waals surface area (Å²) < 4.78 is 0. The van der Waals surface area contributed by atoms with Crippen LogP contribution >= 0.6 is 0 Å². The van der Waals surface area contributed by atoms with Crippen molar-refractivity contribution in [3.63, 3.8) is 0 Å². The zero-order valence-electron chi connectivity index (χ0n) is 9.87. The number of nitrogens with zero attached hydrogens (tertiary/aromatic N) is 1. The van der Waals surface area contributed by atoms with Crippen LogP contribution in [-0.4, -0.2) is 20.6 Å². The quantitative estimate of drug-likeness (QED) is 0.724. The molecule has 0 saturated carbocycles. The second-order valence-corrected chi connectivity index (χ2v) is 4.16. The number of rotatable bonds is 6. The predicted octanol–water partition coefficient (Wildman–Crippen LogP) is 2.42. The summed E-state index contributed by atoms with van der Waals surface area (Å²) in [4.78, 5) is 2.12. The van der Waals surface area contributed by atoms with Crippen LogP contribution in [-0.2, 0) is 6.42 Å². The normalized spacial score (nSPS) is 10.3. The molecule has 1 aromatic rings. The van der Waals surface area contributed by atoms with E-state index in [1.165, 1.54) is 30.5 Å². The molecule has 0 heterocycles. The Morgan fingerprint density at radius 3 is 2.20 bits per heavy atom. The van der Waals surface area contributed by atoms with Crippen LogP contribution in [0.5, 0.6) is 0 Å². The lowest BCUT2D eigenvalue weighted by Gasteiger charge is -2.12. The largest absolute Gasteiger partial charge is 0.378 e. The molecule has 15 heavy (non-hydrogen) atoms. The number of unbranched alkanes of at least 4 members (excludes halogenated alkanes) is 2. The summed E-state index contributed by atoms with van der Waals surface area (Å²) in [5, 5.41) is 0. The molecule has 0 saturated heterocycles. The number of hydrogen-bond acceptors (Lipinski definition) is 2. The molecule has 0 spiro atoms. The van der Waals surface area contributed by atoms with Crippen molar-refractivity contribution in [2.75, 3.05) is 25.5 Å². The van der Waals surface area contributed by atoms with Crippen LogP contribution in [0.15, 0.2) is 24.3 Å². The molecule has 0 aliphatic heterocycles. The van der Waals surface area contributed by atoms with E-state index in [9.17, 15) is 0 Å². The Balaban J connectivity index is 2.36. The molecule has 0 amide bonds. The highest BCUT2D eigenvalue weighted by Crippen LogP contribution is 2.14. The highest BCUT2D eigenvalue weighted by molar-refractivity contribution is 5.45. The molecule has 0 radical (unpaired) electrons. The van der Waals surface area contributed by atoms with Gasteiger partial charge in [0.2, 0.25) is 0 Å². The van der Waals surface area contributed by atoms with Crippen molar-refractivity contribution in [3.8, 4) is 0 Å². The SMILES string of the molecule is CN(C)c1ccc(CCCCCN)cc1. The molecule has 84 valence electrons. The fourth-order valence-corrected chi connectivity index (χ4v) is 1.61. The summed E-state index contributed by atoms with van der Waals surface area (Å²) in [6.45, 7) is 0.819. The number of anilines is 1. The summed E-state index contributed by atoms with van der Waals surface area (Å²) >= 11 is 0. The van der Waals surface area contributed by atoms with Crippen LogP contribution in [0, 0.1) is 0 Å². The van der Waals surface area contributed by atoms with Gasteiger partial charge in [0.25, 0.3) is 0 Å². The number of benzene rings is 1. The van der Waals surface area contributed by atoms with Gasteiger partial charge in [-0.15, -0.1) is 0 Å². The molecule has 2 heteroatoms. The van der Waals surface area contributed by atoms with Gasteiger partial charge in [0, 0.05) is 19.8 Å². The van der Waals surface area contributed by atoms with Crippen LogP contribution in [0.25, 0.3) is 0 Å². The molecule has 0 fully saturated rings. The standard InChI is InChI=1S/C13H22N2/c1-15(2)13-9-7-12(8-10-13)6-4-3-5-11-14/h7-10H,3-6,11,14H2,1-2H3. The Morgan fingerprint density at radius 2 is 1.67 bits per heavy atom. The van der Waals surface area contributed by atoms with Gasteiger partial charge in [0.05, 0.1) is 0 Å². The smallest absolute Gasteiger partial charge is 0.0361 e. The van der Waals surface area contributed by atoms with Crippen molar-refractivity contribution in [3.05, 3.63) is 29.8 Å². The third kappa shape index (κ3) is 4.34. The van der Waals surface area contributed by atoms with E-state index < -0.39 is 0 Å². The summed E-state index contributed by atoms with van der Waals surface area (Å²) in [5.41, 5.74) is 8.15. The summed E-state index contributed by atoms with van der Waals surface area (Å²) in [7, 11) is 4.13. The molecule has 0 atom stereocenters.